The first-order chi connectivity index (χ1) is 11.2. The molecular formula is C18H23N3OS. The fraction of sp³-hybridized carbons (Fsp3) is 0.389. The summed E-state index contributed by atoms with van der Waals surface area (Å²) in [5, 5.41) is 5.17. The average molecular weight is 329 g/mol. The lowest BCUT2D eigenvalue weighted by Gasteiger charge is -2.32. The van der Waals surface area contributed by atoms with Gasteiger partial charge in [0.15, 0.2) is 0 Å². The van der Waals surface area contributed by atoms with Gasteiger partial charge in [0, 0.05) is 30.2 Å². The number of benzene rings is 1. The SMILES string of the molecule is Nc1ccccc1C(=O)NCC1CCCN(Cc2cccs2)C1. The highest BCUT2D eigenvalue weighted by Crippen LogP contribution is 2.20. The fourth-order valence-electron chi connectivity index (χ4n) is 3.12. The van der Waals surface area contributed by atoms with Gasteiger partial charge in [-0.2, -0.15) is 0 Å². The third-order valence-electron chi connectivity index (χ3n) is 4.32. The van der Waals surface area contributed by atoms with Crippen LogP contribution < -0.4 is 11.1 Å². The number of para-hydroxylation sites is 1. The molecule has 3 rings (SSSR count). The molecule has 1 aliphatic rings. The lowest BCUT2D eigenvalue weighted by Crippen LogP contribution is -2.40. The van der Waals surface area contributed by atoms with Gasteiger partial charge in [0.25, 0.3) is 5.91 Å². The van der Waals surface area contributed by atoms with E-state index in [1.807, 2.05) is 23.5 Å². The van der Waals surface area contributed by atoms with Crippen LogP contribution >= 0.6 is 11.3 Å². The van der Waals surface area contributed by atoms with Crippen LogP contribution in [0.25, 0.3) is 0 Å². The summed E-state index contributed by atoms with van der Waals surface area (Å²) in [7, 11) is 0. The summed E-state index contributed by atoms with van der Waals surface area (Å²) in [4.78, 5) is 16.1. The molecule has 2 aromatic rings. The number of nitrogens with one attached hydrogen (secondary N) is 1. The molecule has 4 nitrogen and oxygen atoms in total. The lowest BCUT2D eigenvalue weighted by molar-refractivity contribution is 0.0932. The number of nitrogen functional groups attached to an aromatic ring is 1. The summed E-state index contributed by atoms with van der Waals surface area (Å²) < 4.78 is 0. The van der Waals surface area contributed by atoms with Gasteiger partial charge >= 0.3 is 0 Å². The molecule has 0 aliphatic carbocycles. The first-order valence-corrected chi connectivity index (χ1v) is 8.98. The van der Waals surface area contributed by atoms with Crippen LogP contribution in [0, 0.1) is 5.92 Å². The summed E-state index contributed by atoms with van der Waals surface area (Å²) in [6.45, 7) is 3.93. The second kappa shape index (κ2) is 7.62. The van der Waals surface area contributed by atoms with Gasteiger partial charge in [0.05, 0.1) is 5.56 Å². The normalized spacial score (nSPS) is 18.7. The molecule has 23 heavy (non-hydrogen) atoms. The zero-order valence-electron chi connectivity index (χ0n) is 13.2. The van der Waals surface area contributed by atoms with Crippen LogP contribution in [0.1, 0.15) is 28.1 Å². The molecule has 1 unspecified atom stereocenters. The Bertz CT molecular complexity index is 641. The van der Waals surface area contributed by atoms with E-state index in [9.17, 15) is 4.79 Å². The molecule has 1 aromatic heterocycles. The summed E-state index contributed by atoms with van der Waals surface area (Å²) in [6, 6.07) is 11.5. The van der Waals surface area contributed by atoms with Gasteiger partial charge in [0.2, 0.25) is 0 Å². The Labute approximate surface area is 141 Å². The topological polar surface area (TPSA) is 58.4 Å². The molecule has 0 bridgehead atoms. The standard InChI is InChI=1S/C18H23N3OS/c19-17-8-2-1-7-16(17)18(22)20-11-14-5-3-9-21(12-14)13-15-6-4-10-23-15/h1-2,4,6-8,10,14H,3,5,9,11-13,19H2,(H,20,22). The molecule has 0 saturated carbocycles. The van der Waals surface area contributed by atoms with Crippen molar-refractivity contribution in [2.75, 3.05) is 25.4 Å². The zero-order valence-corrected chi connectivity index (χ0v) is 14.0. The molecule has 3 N–H and O–H groups in total. The van der Waals surface area contributed by atoms with Crippen molar-refractivity contribution in [3.05, 3.63) is 52.2 Å². The number of hydrogen-bond acceptors (Lipinski definition) is 4. The maximum absolute atomic E-state index is 12.2. The predicted octanol–water partition coefficient (Wildman–Crippen LogP) is 2.97. The number of rotatable bonds is 5. The van der Waals surface area contributed by atoms with E-state index in [2.05, 4.69) is 27.7 Å². The molecule has 122 valence electrons. The van der Waals surface area contributed by atoms with Crippen molar-refractivity contribution in [1.29, 1.82) is 0 Å². The minimum Gasteiger partial charge on any atom is -0.398 e. The van der Waals surface area contributed by atoms with Crippen molar-refractivity contribution in [3.8, 4) is 0 Å². The monoisotopic (exact) mass is 329 g/mol. The van der Waals surface area contributed by atoms with E-state index in [0.717, 1.165) is 19.6 Å². The van der Waals surface area contributed by atoms with E-state index >= 15 is 0 Å². The van der Waals surface area contributed by atoms with Crippen molar-refractivity contribution >= 4 is 22.9 Å². The molecule has 2 heterocycles. The second-order valence-electron chi connectivity index (χ2n) is 6.12. The number of piperidine rings is 1. The molecule has 1 fully saturated rings. The van der Waals surface area contributed by atoms with Crippen molar-refractivity contribution in [2.45, 2.75) is 19.4 Å². The van der Waals surface area contributed by atoms with Crippen LogP contribution in [0.4, 0.5) is 5.69 Å². The number of amides is 1. The Morgan fingerprint density at radius 1 is 1.30 bits per heavy atom. The summed E-state index contributed by atoms with van der Waals surface area (Å²) in [5.41, 5.74) is 6.96. The highest BCUT2D eigenvalue weighted by atomic mass is 32.1. The Morgan fingerprint density at radius 3 is 2.96 bits per heavy atom. The van der Waals surface area contributed by atoms with Gasteiger partial charge in [-0.1, -0.05) is 18.2 Å². The first kappa shape index (κ1) is 16.0. The van der Waals surface area contributed by atoms with E-state index in [1.54, 1.807) is 12.1 Å². The number of thiophene rings is 1. The summed E-state index contributed by atoms with van der Waals surface area (Å²) in [6.07, 6.45) is 2.37. The molecule has 0 radical (unpaired) electrons. The van der Waals surface area contributed by atoms with Crippen molar-refractivity contribution in [2.24, 2.45) is 5.92 Å². The molecule has 5 heteroatoms. The van der Waals surface area contributed by atoms with Crippen molar-refractivity contribution in [1.82, 2.24) is 10.2 Å². The van der Waals surface area contributed by atoms with Crippen LogP contribution in [0.5, 0.6) is 0 Å². The number of likely N-dealkylation sites (tertiary alicyclic amines) is 1. The van der Waals surface area contributed by atoms with E-state index in [1.165, 1.54) is 17.7 Å². The molecular weight excluding hydrogens is 306 g/mol. The average Bonchev–Trinajstić information content (AvgIpc) is 3.06. The summed E-state index contributed by atoms with van der Waals surface area (Å²) in [5.74, 6) is 0.441. The Hall–Kier alpha value is -1.85. The smallest absolute Gasteiger partial charge is 0.253 e. The van der Waals surface area contributed by atoms with Crippen LogP contribution in [-0.4, -0.2) is 30.4 Å². The first-order valence-electron chi connectivity index (χ1n) is 8.10. The lowest BCUT2D eigenvalue weighted by atomic mass is 9.97. The van der Waals surface area contributed by atoms with E-state index in [-0.39, 0.29) is 5.91 Å². The number of anilines is 1. The Kier molecular flexibility index (Phi) is 5.31. The molecule has 1 saturated heterocycles. The molecule has 1 aromatic carbocycles. The molecule has 0 spiro atoms. The minimum absolute atomic E-state index is 0.0709. The number of hydrogen-bond donors (Lipinski definition) is 2. The van der Waals surface area contributed by atoms with Gasteiger partial charge in [0.1, 0.15) is 0 Å². The maximum atomic E-state index is 12.2. The van der Waals surface area contributed by atoms with Crippen LogP contribution in [0.2, 0.25) is 0 Å². The highest BCUT2D eigenvalue weighted by Gasteiger charge is 2.21. The number of carbonyl (C=O) groups excluding carboxylic acids is 1. The van der Waals surface area contributed by atoms with Crippen LogP contribution in [0.15, 0.2) is 41.8 Å². The van der Waals surface area contributed by atoms with Gasteiger partial charge in [-0.3, -0.25) is 9.69 Å². The van der Waals surface area contributed by atoms with Crippen molar-refractivity contribution < 1.29 is 4.79 Å². The number of carbonyl (C=O) groups is 1. The Balaban J connectivity index is 1.50. The zero-order chi connectivity index (χ0) is 16.1. The van der Waals surface area contributed by atoms with Gasteiger partial charge in [-0.05, 0) is 48.9 Å². The van der Waals surface area contributed by atoms with Crippen LogP contribution in [0.3, 0.4) is 0 Å². The van der Waals surface area contributed by atoms with Gasteiger partial charge in [-0.25, -0.2) is 0 Å². The molecule has 1 aliphatic heterocycles. The molecule has 1 amide bonds. The van der Waals surface area contributed by atoms with Gasteiger partial charge in [-0.15, -0.1) is 11.3 Å². The third kappa shape index (κ3) is 4.33. The van der Waals surface area contributed by atoms with Crippen molar-refractivity contribution in [3.63, 3.8) is 0 Å². The minimum atomic E-state index is -0.0709. The quantitative estimate of drug-likeness (QED) is 0.829. The van der Waals surface area contributed by atoms with E-state index < -0.39 is 0 Å². The van der Waals surface area contributed by atoms with Crippen LogP contribution in [-0.2, 0) is 6.54 Å². The Morgan fingerprint density at radius 2 is 2.17 bits per heavy atom. The fourth-order valence-corrected chi connectivity index (χ4v) is 3.87. The predicted molar refractivity (Wildman–Crippen MR) is 95.5 cm³/mol. The molecule has 1 atom stereocenters. The third-order valence-corrected chi connectivity index (χ3v) is 5.18. The maximum Gasteiger partial charge on any atom is 0.253 e. The van der Waals surface area contributed by atoms with E-state index in [0.29, 0.717) is 23.7 Å². The van der Waals surface area contributed by atoms with Gasteiger partial charge < -0.3 is 11.1 Å². The second-order valence-corrected chi connectivity index (χ2v) is 7.15. The largest absolute Gasteiger partial charge is 0.398 e. The van der Waals surface area contributed by atoms with E-state index in [4.69, 9.17) is 5.73 Å². The summed E-state index contributed by atoms with van der Waals surface area (Å²) >= 11 is 1.81. The number of nitrogens with zero attached hydrogens (tertiary/aromatic N) is 1. The highest BCUT2D eigenvalue weighted by molar-refractivity contribution is 7.09. The number of nitrogens with two attached hydrogens (primary N) is 1.